The van der Waals surface area contributed by atoms with Gasteiger partial charge in [0.15, 0.2) is 0 Å². The average Bonchev–Trinajstić information content (AvgIpc) is 2.57. The number of nitrogens with zero attached hydrogens (tertiary/aromatic N) is 2. The fraction of sp³-hybridized carbons (Fsp3) is 0.105. The van der Waals surface area contributed by atoms with E-state index in [-0.39, 0.29) is 5.91 Å². The normalized spacial score (nSPS) is 10.5. The third kappa shape index (κ3) is 4.50. The molecule has 2 aromatic carbocycles. The first-order valence-corrected chi connectivity index (χ1v) is 8.60. The molecule has 0 saturated heterocycles. The number of hydrogen-bond acceptors (Lipinski definition) is 4. The van der Waals surface area contributed by atoms with E-state index in [2.05, 4.69) is 20.6 Å². The fourth-order valence-corrected chi connectivity index (χ4v) is 2.94. The molecule has 0 aliphatic heterocycles. The van der Waals surface area contributed by atoms with Crippen LogP contribution in [0.1, 0.15) is 21.5 Å². The number of benzene rings is 2. The Morgan fingerprint density at radius 3 is 2.23 bits per heavy atom. The molecule has 1 amide bonds. The highest BCUT2D eigenvalue weighted by molar-refractivity contribution is 6.35. The number of halogens is 2. The Hall–Kier alpha value is -2.63. The van der Waals surface area contributed by atoms with E-state index in [4.69, 9.17) is 23.2 Å². The molecule has 0 radical (unpaired) electrons. The minimum Gasteiger partial charge on any atom is -0.324 e. The summed E-state index contributed by atoms with van der Waals surface area (Å²) in [5.74, 6) is 0.0701. The molecule has 0 fully saturated rings. The Kier molecular flexibility index (Phi) is 5.40. The van der Waals surface area contributed by atoms with Crippen LogP contribution >= 0.6 is 23.2 Å². The highest BCUT2D eigenvalue weighted by Crippen LogP contribution is 2.24. The van der Waals surface area contributed by atoms with Crippen molar-refractivity contribution in [3.05, 3.63) is 75.5 Å². The summed E-state index contributed by atoms with van der Waals surface area (Å²) in [5, 5.41) is 6.87. The maximum Gasteiger partial charge on any atom is 0.258 e. The summed E-state index contributed by atoms with van der Waals surface area (Å²) in [4.78, 5) is 20.7. The number of anilines is 3. The van der Waals surface area contributed by atoms with Gasteiger partial charge in [0.05, 0.1) is 5.56 Å². The minimum absolute atomic E-state index is 0.269. The average molecular weight is 387 g/mol. The monoisotopic (exact) mass is 386 g/mol. The number of nitrogens with one attached hydrogen (secondary N) is 2. The molecular weight excluding hydrogens is 371 g/mol. The second-order valence-electron chi connectivity index (χ2n) is 5.85. The predicted molar refractivity (Wildman–Crippen MR) is 106 cm³/mol. The van der Waals surface area contributed by atoms with Gasteiger partial charge in [0.25, 0.3) is 5.91 Å². The smallest absolute Gasteiger partial charge is 0.258 e. The molecule has 2 N–H and O–H groups in total. The van der Waals surface area contributed by atoms with Crippen LogP contribution in [0.2, 0.25) is 10.0 Å². The van der Waals surface area contributed by atoms with Crippen molar-refractivity contribution in [2.24, 2.45) is 0 Å². The maximum absolute atomic E-state index is 12.4. The Labute approximate surface area is 161 Å². The van der Waals surface area contributed by atoms with Crippen LogP contribution < -0.4 is 10.6 Å². The Balaban J connectivity index is 1.71. The number of aryl methyl sites for hydroxylation is 2. The zero-order valence-corrected chi connectivity index (χ0v) is 15.7. The summed E-state index contributed by atoms with van der Waals surface area (Å²) >= 11 is 11.9. The summed E-state index contributed by atoms with van der Waals surface area (Å²) in [7, 11) is 0. The second kappa shape index (κ2) is 7.72. The third-order valence-electron chi connectivity index (χ3n) is 3.66. The van der Waals surface area contributed by atoms with Crippen molar-refractivity contribution in [1.82, 2.24) is 9.97 Å². The molecule has 1 heterocycles. The van der Waals surface area contributed by atoms with Crippen LogP contribution in [0.15, 0.2) is 48.8 Å². The van der Waals surface area contributed by atoms with Crippen LogP contribution in [0.4, 0.5) is 17.3 Å². The summed E-state index contributed by atoms with van der Waals surface area (Å²) in [5.41, 5.74) is 3.92. The van der Waals surface area contributed by atoms with Crippen LogP contribution in [0.25, 0.3) is 0 Å². The lowest BCUT2D eigenvalue weighted by Crippen LogP contribution is -2.14. The van der Waals surface area contributed by atoms with E-state index < -0.39 is 0 Å². The van der Waals surface area contributed by atoms with E-state index in [0.29, 0.717) is 27.2 Å². The Morgan fingerprint density at radius 2 is 1.62 bits per heavy atom. The molecule has 132 valence electrons. The van der Waals surface area contributed by atoms with Crippen molar-refractivity contribution in [3.63, 3.8) is 0 Å². The topological polar surface area (TPSA) is 66.9 Å². The van der Waals surface area contributed by atoms with Gasteiger partial charge in [-0.05, 0) is 43.7 Å². The van der Waals surface area contributed by atoms with Gasteiger partial charge in [-0.2, -0.15) is 0 Å². The Morgan fingerprint density at radius 1 is 0.962 bits per heavy atom. The second-order valence-corrected chi connectivity index (χ2v) is 6.72. The number of carbonyl (C=O) groups is 1. The van der Waals surface area contributed by atoms with Crippen LogP contribution in [-0.4, -0.2) is 15.9 Å². The minimum atomic E-state index is -0.269. The van der Waals surface area contributed by atoms with Crippen molar-refractivity contribution < 1.29 is 4.79 Å². The third-order valence-corrected chi connectivity index (χ3v) is 4.10. The maximum atomic E-state index is 12.4. The molecule has 7 heteroatoms. The SMILES string of the molecule is Cc1ccc(NC(=O)c2cnc(Nc3cc(Cl)cc(Cl)c3)nc2)c(C)c1. The van der Waals surface area contributed by atoms with Gasteiger partial charge >= 0.3 is 0 Å². The van der Waals surface area contributed by atoms with Crippen LogP contribution in [0.3, 0.4) is 0 Å². The number of hydrogen-bond donors (Lipinski definition) is 2. The standard InChI is InChI=1S/C19H16Cl2N4O/c1-11-3-4-17(12(2)5-11)25-18(26)13-9-22-19(23-10-13)24-16-7-14(20)6-15(21)8-16/h3-10H,1-2H3,(H,25,26)(H,22,23,24). The number of rotatable bonds is 4. The number of amides is 1. The zero-order valence-electron chi connectivity index (χ0n) is 14.2. The highest BCUT2D eigenvalue weighted by atomic mass is 35.5. The van der Waals surface area contributed by atoms with Crippen molar-refractivity contribution in [1.29, 1.82) is 0 Å². The summed E-state index contributed by atoms with van der Waals surface area (Å²) in [6.45, 7) is 3.95. The first-order chi connectivity index (χ1) is 12.4. The van der Waals surface area contributed by atoms with Crippen molar-refractivity contribution in [2.45, 2.75) is 13.8 Å². The van der Waals surface area contributed by atoms with Crippen molar-refractivity contribution >= 4 is 46.4 Å². The van der Waals surface area contributed by atoms with Gasteiger partial charge in [-0.15, -0.1) is 0 Å². The van der Waals surface area contributed by atoms with E-state index in [1.54, 1.807) is 18.2 Å². The molecule has 5 nitrogen and oxygen atoms in total. The van der Waals surface area contributed by atoms with Gasteiger partial charge in [0, 0.05) is 33.8 Å². The molecule has 0 atom stereocenters. The number of carbonyl (C=O) groups excluding carboxylic acids is 1. The van der Waals surface area contributed by atoms with Crippen LogP contribution in [-0.2, 0) is 0 Å². The van der Waals surface area contributed by atoms with Crippen LogP contribution in [0.5, 0.6) is 0 Å². The quantitative estimate of drug-likeness (QED) is 0.629. The zero-order chi connectivity index (χ0) is 18.7. The predicted octanol–water partition coefficient (Wildman–Crippen LogP) is 5.40. The first-order valence-electron chi connectivity index (χ1n) is 7.84. The van der Waals surface area contributed by atoms with Gasteiger partial charge in [-0.3, -0.25) is 4.79 Å². The molecule has 0 aliphatic carbocycles. The lowest BCUT2D eigenvalue weighted by Gasteiger charge is -2.09. The lowest BCUT2D eigenvalue weighted by molar-refractivity contribution is 0.102. The fourth-order valence-electron chi connectivity index (χ4n) is 2.41. The van der Waals surface area contributed by atoms with E-state index in [1.807, 2.05) is 32.0 Å². The van der Waals surface area contributed by atoms with Crippen molar-refractivity contribution in [2.75, 3.05) is 10.6 Å². The van der Waals surface area contributed by atoms with Gasteiger partial charge in [0.1, 0.15) is 0 Å². The largest absolute Gasteiger partial charge is 0.324 e. The van der Waals surface area contributed by atoms with E-state index in [0.717, 1.165) is 16.8 Å². The van der Waals surface area contributed by atoms with E-state index in [1.165, 1.54) is 12.4 Å². The van der Waals surface area contributed by atoms with Gasteiger partial charge in [0.2, 0.25) is 5.95 Å². The van der Waals surface area contributed by atoms with E-state index >= 15 is 0 Å². The lowest BCUT2D eigenvalue weighted by atomic mass is 10.1. The molecule has 3 rings (SSSR count). The van der Waals surface area contributed by atoms with Gasteiger partial charge in [-0.1, -0.05) is 40.9 Å². The summed E-state index contributed by atoms with van der Waals surface area (Å²) in [6.07, 6.45) is 2.92. The molecule has 3 aromatic rings. The molecule has 0 bridgehead atoms. The van der Waals surface area contributed by atoms with Crippen LogP contribution in [0, 0.1) is 13.8 Å². The molecule has 1 aromatic heterocycles. The summed E-state index contributed by atoms with van der Waals surface area (Å²) < 4.78 is 0. The summed E-state index contributed by atoms with van der Waals surface area (Å²) in [6, 6.07) is 10.9. The first kappa shape index (κ1) is 18.2. The highest BCUT2D eigenvalue weighted by Gasteiger charge is 2.10. The van der Waals surface area contributed by atoms with Gasteiger partial charge in [-0.25, -0.2) is 9.97 Å². The molecule has 0 unspecified atom stereocenters. The van der Waals surface area contributed by atoms with Crippen molar-refractivity contribution in [3.8, 4) is 0 Å². The van der Waals surface area contributed by atoms with E-state index in [9.17, 15) is 4.79 Å². The molecule has 0 spiro atoms. The number of aromatic nitrogens is 2. The molecule has 0 aliphatic rings. The molecular formula is C19H16Cl2N4O. The van der Waals surface area contributed by atoms with Gasteiger partial charge < -0.3 is 10.6 Å². The molecule has 0 saturated carbocycles. The Bertz CT molecular complexity index is 938. The molecule has 26 heavy (non-hydrogen) atoms.